The summed E-state index contributed by atoms with van der Waals surface area (Å²) < 4.78 is 10.7. The standard InChI is InChI=1S/C15H18N2O3/c18-15(17-14-12-7-20-8-13(12)14)16-4-9-1-2-10-5-19-6-11(10)3-9/h1-3,12-14H,4-8H2,(H2,16,17,18)/t12-,13+,14?. The van der Waals surface area contributed by atoms with Gasteiger partial charge in [0.05, 0.1) is 26.4 Å². The Balaban J connectivity index is 1.28. The van der Waals surface area contributed by atoms with Crippen molar-refractivity contribution < 1.29 is 14.3 Å². The van der Waals surface area contributed by atoms with Gasteiger partial charge in [-0.05, 0) is 16.7 Å². The maximum absolute atomic E-state index is 11.8. The summed E-state index contributed by atoms with van der Waals surface area (Å²) in [6.45, 7) is 3.52. The molecule has 20 heavy (non-hydrogen) atoms. The molecule has 0 spiro atoms. The topological polar surface area (TPSA) is 59.6 Å². The van der Waals surface area contributed by atoms with Crippen molar-refractivity contribution in [1.82, 2.24) is 10.6 Å². The average Bonchev–Trinajstić information content (AvgIpc) is 2.91. The predicted octanol–water partition coefficient (Wildman–Crippen LogP) is 1.16. The molecule has 0 aromatic heterocycles. The summed E-state index contributed by atoms with van der Waals surface area (Å²) in [5.74, 6) is 1.08. The molecule has 1 aromatic carbocycles. The Labute approximate surface area is 117 Å². The van der Waals surface area contributed by atoms with Gasteiger partial charge in [0.25, 0.3) is 0 Å². The van der Waals surface area contributed by atoms with Crippen molar-refractivity contribution in [2.45, 2.75) is 25.8 Å². The molecule has 2 amide bonds. The first-order valence-corrected chi connectivity index (χ1v) is 7.12. The fourth-order valence-corrected chi connectivity index (χ4v) is 3.17. The summed E-state index contributed by atoms with van der Waals surface area (Å²) >= 11 is 0. The molecule has 5 nitrogen and oxygen atoms in total. The minimum Gasteiger partial charge on any atom is -0.381 e. The molecule has 2 aliphatic heterocycles. The normalized spacial score (nSPS) is 29.7. The molecule has 1 aromatic rings. The van der Waals surface area contributed by atoms with Crippen LogP contribution in [-0.2, 0) is 29.2 Å². The summed E-state index contributed by atoms with van der Waals surface area (Å²) in [6, 6.07) is 6.48. The molecule has 5 heteroatoms. The molecule has 3 aliphatic rings. The monoisotopic (exact) mass is 274 g/mol. The van der Waals surface area contributed by atoms with Crippen LogP contribution in [0.25, 0.3) is 0 Å². The van der Waals surface area contributed by atoms with Gasteiger partial charge >= 0.3 is 6.03 Å². The first-order valence-electron chi connectivity index (χ1n) is 7.12. The number of rotatable bonds is 3. The number of urea groups is 1. The lowest BCUT2D eigenvalue weighted by atomic mass is 10.1. The Hall–Kier alpha value is -1.59. The molecule has 2 N–H and O–H groups in total. The minimum absolute atomic E-state index is 0.0823. The molecule has 4 rings (SSSR count). The molecular formula is C15H18N2O3. The van der Waals surface area contributed by atoms with Crippen molar-refractivity contribution in [3.8, 4) is 0 Å². The zero-order valence-corrected chi connectivity index (χ0v) is 11.2. The highest BCUT2D eigenvalue weighted by atomic mass is 16.5. The smallest absolute Gasteiger partial charge is 0.315 e. The van der Waals surface area contributed by atoms with E-state index in [4.69, 9.17) is 9.47 Å². The van der Waals surface area contributed by atoms with Crippen LogP contribution in [-0.4, -0.2) is 25.3 Å². The van der Waals surface area contributed by atoms with Crippen molar-refractivity contribution in [2.24, 2.45) is 11.8 Å². The zero-order valence-electron chi connectivity index (χ0n) is 11.2. The zero-order chi connectivity index (χ0) is 13.5. The van der Waals surface area contributed by atoms with Gasteiger partial charge in [-0.3, -0.25) is 0 Å². The van der Waals surface area contributed by atoms with E-state index in [2.05, 4.69) is 22.8 Å². The number of benzene rings is 1. The second-order valence-electron chi connectivity index (χ2n) is 5.81. The van der Waals surface area contributed by atoms with Crippen LogP contribution in [0.2, 0.25) is 0 Å². The van der Waals surface area contributed by atoms with Gasteiger partial charge in [0.15, 0.2) is 0 Å². The minimum atomic E-state index is -0.0823. The Bertz CT molecular complexity index is 536. The largest absolute Gasteiger partial charge is 0.381 e. The Morgan fingerprint density at radius 3 is 2.80 bits per heavy atom. The number of ether oxygens (including phenoxy) is 2. The van der Waals surface area contributed by atoms with Crippen LogP contribution < -0.4 is 10.6 Å². The molecule has 0 bridgehead atoms. The number of nitrogens with one attached hydrogen (secondary N) is 2. The van der Waals surface area contributed by atoms with Crippen molar-refractivity contribution >= 4 is 6.03 Å². The van der Waals surface area contributed by atoms with Crippen LogP contribution in [0.4, 0.5) is 4.79 Å². The number of carbonyl (C=O) groups excluding carboxylic acids is 1. The van der Waals surface area contributed by atoms with Gasteiger partial charge in [-0.1, -0.05) is 18.2 Å². The first-order chi connectivity index (χ1) is 9.81. The Morgan fingerprint density at radius 1 is 1.15 bits per heavy atom. The number of hydrogen-bond acceptors (Lipinski definition) is 3. The highest BCUT2D eigenvalue weighted by Crippen LogP contribution is 2.43. The highest BCUT2D eigenvalue weighted by Gasteiger charge is 2.54. The van der Waals surface area contributed by atoms with E-state index in [1.54, 1.807) is 0 Å². The molecule has 106 valence electrons. The average molecular weight is 274 g/mol. The van der Waals surface area contributed by atoms with Gasteiger partial charge in [-0.15, -0.1) is 0 Å². The summed E-state index contributed by atoms with van der Waals surface area (Å²) in [4.78, 5) is 11.8. The fourth-order valence-electron chi connectivity index (χ4n) is 3.17. The van der Waals surface area contributed by atoms with Gasteiger partial charge < -0.3 is 20.1 Å². The molecule has 0 radical (unpaired) electrons. The van der Waals surface area contributed by atoms with Crippen LogP contribution >= 0.6 is 0 Å². The van der Waals surface area contributed by atoms with Crippen molar-refractivity contribution in [1.29, 1.82) is 0 Å². The van der Waals surface area contributed by atoms with Gasteiger partial charge in [0.2, 0.25) is 0 Å². The van der Waals surface area contributed by atoms with E-state index in [0.717, 1.165) is 18.8 Å². The van der Waals surface area contributed by atoms with Crippen molar-refractivity contribution in [3.63, 3.8) is 0 Å². The van der Waals surface area contributed by atoms with Crippen LogP contribution in [0.5, 0.6) is 0 Å². The Morgan fingerprint density at radius 2 is 1.95 bits per heavy atom. The van der Waals surface area contributed by atoms with E-state index < -0.39 is 0 Å². The van der Waals surface area contributed by atoms with Crippen molar-refractivity contribution in [3.05, 3.63) is 34.9 Å². The molecule has 3 atom stereocenters. The van der Waals surface area contributed by atoms with Gasteiger partial charge in [0.1, 0.15) is 0 Å². The van der Waals surface area contributed by atoms with Crippen LogP contribution in [0.3, 0.4) is 0 Å². The number of amides is 2. The van der Waals surface area contributed by atoms with Crippen LogP contribution in [0.15, 0.2) is 18.2 Å². The van der Waals surface area contributed by atoms with E-state index in [1.165, 1.54) is 11.1 Å². The lowest BCUT2D eigenvalue weighted by Gasteiger charge is -2.10. The summed E-state index contributed by atoms with van der Waals surface area (Å²) in [7, 11) is 0. The second kappa shape index (κ2) is 4.75. The third kappa shape index (κ3) is 2.17. The molecule has 1 aliphatic carbocycles. The number of fused-ring (bicyclic) bond motifs is 2. The maximum atomic E-state index is 11.8. The quantitative estimate of drug-likeness (QED) is 0.869. The molecule has 1 saturated carbocycles. The number of carbonyl (C=O) groups is 1. The SMILES string of the molecule is O=C(NCc1ccc2c(c1)COC2)NC1[C@H]2COC[C@@H]12. The van der Waals surface area contributed by atoms with E-state index in [0.29, 0.717) is 37.6 Å². The first kappa shape index (κ1) is 12.2. The van der Waals surface area contributed by atoms with Gasteiger partial charge in [-0.25, -0.2) is 4.79 Å². The third-order valence-corrected chi connectivity index (χ3v) is 4.49. The van der Waals surface area contributed by atoms with Gasteiger partial charge in [0, 0.05) is 24.4 Å². The lowest BCUT2D eigenvalue weighted by molar-refractivity contribution is 0.134. The second-order valence-corrected chi connectivity index (χ2v) is 5.81. The molecule has 1 saturated heterocycles. The maximum Gasteiger partial charge on any atom is 0.315 e. The molecule has 1 unspecified atom stereocenters. The fraction of sp³-hybridized carbons (Fsp3) is 0.533. The van der Waals surface area contributed by atoms with E-state index in [-0.39, 0.29) is 6.03 Å². The molecular weight excluding hydrogens is 256 g/mol. The highest BCUT2D eigenvalue weighted by molar-refractivity contribution is 5.74. The summed E-state index contributed by atoms with van der Waals surface area (Å²) in [5, 5.41) is 5.94. The summed E-state index contributed by atoms with van der Waals surface area (Å²) in [6.07, 6.45) is 0. The Kier molecular flexibility index (Phi) is 2.89. The van der Waals surface area contributed by atoms with Crippen LogP contribution in [0, 0.1) is 11.8 Å². The van der Waals surface area contributed by atoms with E-state index in [9.17, 15) is 4.79 Å². The summed E-state index contributed by atoms with van der Waals surface area (Å²) in [5.41, 5.74) is 3.60. The van der Waals surface area contributed by atoms with Crippen molar-refractivity contribution in [2.75, 3.05) is 13.2 Å². The van der Waals surface area contributed by atoms with Gasteiger partial charge in [-0.2, -0.15) is 0 Å². The number of hydrogen-bond donors (Lipinski definition) is 2. The third-order valence-electron chi connectivity index (χ3n) is 4.49. The molecule has 2 fully saturated rings. The lowest BCUT2D eigenvalue weighted by Crippen LogP contribution is -2.38. The van der Waals surface area contributed by atoms with E-state index >= 15 is 0 Å². The predicted molar refractivity (Wildman–Crippen MR) is 71.9 cm³/mol. The van der Waals surface area contributed by atoms with Crippen LogP contribution in [0.1, 0.15) is 16.7 Å². The van der Waals surface area contributed by atoms with E-state index in [1.807, 2.05) is 6.07 Å². The molecule has 2 heterocycles.